The Balaban J connectivity index is 2.58. The van der Waals surface area contributed by atoms with Crippen molar-refractivity contribution in [1.82, 2.24) is 0 Å². The molecule has 0 saturated carbocycles. The fraction of sp³-hybridized carbons (Fsp3) is 0.500. The quantitative estimate of drug-likeness (QED) is 0.622. The lowest BCUT2D eigenvalue weighted by atomic mass is 9.83. The van der Waals surface area contributed by atoms with Gasteiger partial charge in [-0.05, 0) is 47.4 Å². The van der Waals surface area contributed by atoms with Crippen LogP contribution in [0.1, 0.15) is 63.8 Å². The molecule has 1 heterocycles. The van der Waals surface area contributed by atoms with Gasteiger partial charge in [-0.15, -0.1) is 0 Å². The average molecular weight is 311 g/mol. The minimum Gasteiger partial charge on any atom is -0.201 e. The maximum atomic E-state index is 2.34. The van der Waals surface area contributed by atoms with Crippen LogP contribution in [-0.2, 0) is 17.9 Å². The summed E-state index contributed by atoms with van der Waals surface area (Å²) in [6.07, 6.45) is 2.29. The van der Waals surface area contributed by atoms with E-state index in [2.05, 4.69) is 97.5 Å². The van der Waals surface area contributed by atoms with E-state index >= 15 is 0 Å². The molecule has 0 radical (unpaired) electrons. The van der Waals surface area contributed by atoms with Crippen LogP contribution in [0.25, 0.3) is 11.3 Å². The Morgan fingerprint density at radius 2 is 1.39 bits per heavy atom. The zero-order valence-electron chi connectivity index (χ0n) is 16.3. The molecule has 0 aliphatic heterocycles. The monoisotopic (exact) mass is 310 g/mol. The maximum Gasteiger partial charge on any atom is 0.212 e. The third-order valence-electron chi connectivity index (χ3n) is 4.66. The third kappa shape index (κ3) is 3.65. The van der Waals surface area contributed by atoms with Crippen LogP contribution in [0.15, 0.2) is 30.5 Å². The summed E-state index contributed by atoms with van der Waals surface area (Å²) >= 11 is 0. The van der Waals surface area contributed by atoms with Crippen molar-refractivity contribution in [3.63, 3.8) is 0 Å². The smallest absolute Gasteiger partial charge is 0.201 e. The molecule has 23 heavy (non-hydrogen) atoms. The molecule has 0 spiro atoms. The van der Waals surface area contributed by atoms with Gasteiger partial charge in [-0.3, -0.25) is 0 Å². The second-order valence-electron chi connectivity index (χ2n) is 8.90. The van der Waals surface area contributed by atoms with Crippen LogP contribution in [0.5, 0.6) is 0 Å². The predicted octanol–water partition coefficient (Wildman–Crippen LogP) is 5.39. The van der Waals surface area contributed by atoms with Gasteiger partial charge in [0.1, 0.15) is 7.05 Å². The van der Waals surface area contributed by atoms with E-state index in [9.17, 15) is 0 Å². The molecule has 124 valence electrons. The van der Waals surface area contributed by atoms with Crippen LogP contribution >= 0.6 is 0 Å². The standard InChI is InChI=1S/C22H32N/c1-15-12-17(21(3,4)5)10-11-18(15)20-13-16(2)19(14-23(20)9)22(6,7)8/h10-14H,1-9H3/q+1. The Kier molecular flexibility index (Phi) is 4.45. The molecule has 0 fully saturated rings. The Morgan fingerprint density at radius 3 is 1.87 bits per heavy atom. The molecule has 1 nitrogen and oxygen atoms in total. The van der Waals surface area contributed by atoms with Crippen LogP contribution in [0.4, 0.5) is 0 Å². The highest BCUT2D eigenvalue weighted by molar-refractivity contribution is 5.63. The highest BCUT2D eigenvalue weighted by Crippen LogP contribution is 2.30. The van der Waals surface area contributed by atoms with Gasteiger partial charge in [0.2, 0.25) is 5.69 Å². The van der Waals surface area contributed by atoms with Gasteiger partial charge < -0.3 is 0 Å². The molecule has 0 saturated heterocycles. The largest absolute Gasteiger partial charge is 0.212 e. The Morgan fingerprint density at radius 1 is 0.783 bits per heavy atom. The number of benzene rings is 1. The number of aryl methyl sites for hydroxylation is 3. The first-order valence-corrected chi connectivity index (χ1v) is 8.53. The molecule has 2 aromatic rings. The molecule has 0 bridgehead atoms. The number of rotatable bonds is 1. The average Bonchev–Trinajstić information content (AvgIpc) is 2.39. The Labute approximate surface area is 142 Å². The Bertz CT molecular complexity index is 725. The third-order valence-corrected chi connectivity index (χ3v) is 4.66. The van der Waals surface area contributed by atoms with Crippen molar-refractivity contribution >= 4 is 0 Å². The van der Waals surface area contributed by atoms with Crippen LogP contribution in [-0.4, -0.2) is 0 Å². The van der Waals surface area contributed by atoms with Gasteiger partial charge in [0.05, 0.1) is 0 Å². The number of pyridine rings is 1. The van der Waals surface area contributed by atoms with E-state index in [0.29, 0.717) is 0 Å². The number of nitrogens with zero attached hydrogens (tertiary/aromatic N) is 1. The van der Waals surface area contributed by atoms with Crippen molar-refractivity contribution in [2.75, 3.05) is 0 Å². The van der Waals surface area contributed by atoms with E-state index in [0.717, 1.165) is 0 Å². The first-order chi connectivity index (χ1) is 10.4. The molecule has 0 unspecified atom stereocenters. The van der Waals surface area contributed by atoms with E-state index in [4.69, 9.17) is 0 Å². The van der Waals surface area contributed by atoms with Gasteiger partial charge in [0.15, 0.2) is 6.20 Å². The van der Waals surface area contributed by atoms with Crippen LogP contribution in [0.2, 0.25) is 0 Å². The summed E-state index contributed by atoms with van der Waals surface area (Å²) in [6.45, 7) is 18.1. The molecule has 0 atom stereocenters. The highest BCUT2D eigenvalue weighted by Gasteiger charge is 2.23. The summed E-state index contributed by atoms with van der Waals surface area (Å²) < 4.78 is 2.27. The molecule has 0 aliphatic rings. The second kappa shape index (κ2) is 5.78. The summed E-state index contributed by atoms with van der Waals surface area (Å²) in [5, 5.41) is 0. The SMILES string of the molecule is Cc1cc(C(C)(C)C)ccc1-c1cc(C)c(C(C)(C)C)c[n+]1C. The molecule has 0 aliphatic carbocycles. The van der Waals surface area contributed by atoms with Crippen molar-refractivity contribution in [2.24, 2.45) is 7.05 Å². The molecule has 2 rings (SSSR count). The minimum absolute atomic E-state index is 0.172. The Hall–Kier alpha value is -1.63. The van der Waals surface area contributed by atoms with Crippen molar-refractivity contribution in [1.29, 1.82) is 0 Å². The summed E-state index contributed by atoms with van der Waals surface area (Å²) in [6, 6.07) is 9.22. The lowest BCUT2D eigenvalue weighted by Gasteiger charge is -2.22. The van der Waals surface area contributed by atoms with Gasteiger partial charge in [0.25, 0.3) is 0 Å². The minimum atomic E-state index is 0.172. The van der Waals surface area contributed by atoms with Crippen molar-refractivity contribution in [3.8, 4) is 11.3 Å². The van der Waals surface area contributed by atoms with E-state index in [1.165, 1.54) is 33.5 Å². The molecule has 1 aromatic carbocycles. The van der Waals surface area contributed by atoms with Crippen molar-refractivity contribution in [3.05, 3.63) is 52.7 Å². The van der Waals surface area contributed by atoms with E-state index in [1.54, 1.807) is 0 Å². The zero-order valence-corrected chi connectivity index (χ0v) is 16.3. The maximum absolute atomic E-state index is 2.34. The topological polar surface area (TPSA) is 3.88 Å². The van der Waals surface area contributed by atoms with Gasteiger partial charge in [-0.2, -0.15) is 0 Å². The summed E-state index contributed by atoms with van der Waals surface area (Å²) in [5.41, 5.74) is 8.48. The van der Waals surface area contributed by atoms with Gasteiger partial charge in [-0.1, -0.05) is 53.7 Å². The fourth-order valence-electron chi connectivity index (χ4n) is 3.22. The molecular formula is C22H32N+. The summed E-state index contributed by atoms with van der Waals surface area (Å²) in [5.74, 6) is 0. The molecule has 1 aromatic heterocycles. The van der Waals surface area contributed by atoms with Crippen molar-refractivity contribution in [2.45, 2.75) is 66.2 Å². The van der Waals surface area contributed by atoms with Crippen molar-refractivity contribution < 1.29 is 4.57 Å². The first-order valence-electron chi connectivity index (χ1n) is 8.53. The van der Waals surface area contributed by atoms with E-state index in [1.807, 2.05) is 0 Å². The number of hydrogen-bond acceptors (Lipinski definition) is 0. The first kappa shape index (κ1) is 17.7. The van der Waals surface area contributed by atoms with Crippen LogP contribution in [0.3, 0.4) is 0 Å². The lowest BCUT2D eigenvalue weighted by Crippen LogP contribution is -2.34. The number of aromatic nitrogens is 1. The van der Waals surface area contributed by atoms with E-state index < -0.39 is 0 Å². The van der Waals surface area contributed by atoms with E-state index in [-0.39, 0.29) is 10.8 Å². The fourth-order valence-corrected chi connectivity index (χ4v) is 3.22. The van der Waals surface area contributed by atoms with Crippen LogP contribution < -0.4 is 4.57 Å². The molecule has 0 N–H and O–H groups in total. The second-order valence-corrected chi connectivity index (χ2v) is 8.90. The molecular weight excluding hydrogens is 278 g/mol. The summed E-state index contributed by atoms with van der Waals surface area (Å²) in [4.78, 5) is 0. The number of hydrogen-bond donors (Lipinski definition) is 0. The summed E-state index contributed by atoms with van der Waals surface area (Å²) in [7, 11) is 2.15. The van der Waals surface area contributed by atoms with Gasteiger partial charge >= 0.3 is 0 Å². The molecule has 0 amide bonds. The van der Waals surface area contributed by atoms with Gasteiger partial charge in [-0.25, -0.2) is 4.57 Å². The normalized spacial score (nSPS) is 12.6. The van der Waals surface area contributed by atoms with Crippen LogP contribution in [0, 0.1) is 13.8 Å². The molecule has 1 heteroatoms. The zero-order chi connectivity index (χ0) is 17.6. The lowest BCUT2D eigenvalue weighted by molar-refractivity contribution is -0.661. The van der Waals surface area contributed by atoms with Gasteiger partial charge in [0, 0.05) is 17.2 Å². The highest BCUT2D eigenvalue weighted by atomic mass is 14.9. The predicted molar refractivity (Wildman–Crippen MR) is 99.9 cm³/mol.